The minimum Gasteiger partial charge on any atom is -0.481 e. The van der Waals surface area contributed by atoms with Gasteiger partial charge < -0.3 is 5.11 Å². The van der Waals surface area contributed by atoms with Gasteiger partial charge in [-0.1, -0.05) is 62.6 Å². The van der Waals surface area contributed by atoms with Gasteiger partial charge in [0.05, 0.1) is 0 Å². The van der Waals surface area contributed by atoms with Gasteiger partial charge in [0, 0.05) is 36.0 Å². The number of allylic oxidation sites excluding steroid dienone is 6. The number of carbonyl (C=O) groups is 1. The second kappa shape index (κ2) is 19.7. The van der Waals surface area contributed by atoms with E-state index in [1.165, 1.54) is 12.8 Å². The molecule has 0 amide bonds. The first kappa shape index (κ1) is 23.0. The molecule has 0 aromatic rings. The van der Waals surface area contributed by atoms with Crippen LogP contribution in [0.5, 0.6) is 0 Å². The summed E-state index contributed by atoms with van der Waals surface area (Å²) in [5, 5.41) is 8.50. The van der Waals surface area contributed by atoms with E-state index >= 15 is 0 Å². The minimum absolute atomic E-state index is 0. The molecule has 0 aliphatic heterocycles. The van der Waals surface area contributed by atoms with Crippen molar-refractivity contribution in [1.82, 2.24) is 0 Å². The summed E-state index contributed by atoms with van der Waals surface area (Å²) in [5.41, 5.74) is 0. The van der Waals surface area contributed by atoms with Crippen LogP contribution in [0, 0.1) is 0 Å². The average molecular weight is 301 g/mol. The summed E-state index contributed by atoms with van der Waals surface area (Å²) in [6.07, 6.45) is 23.4. The van der Waals surface area contributed by atoms with Crippen LogP contribution in [0.15, 0.2) is 36.5 Å². The fraction of sp³-hybridized carbons (Fsp3) is 0.611. The van der Waals surface area contributed by atoms with E-state index in [1.54, 1.807) is 0 Å². The van der Waals surface area contributed by atoms with Gasteiger partial charge in [-0.15, -0.1) is 0 Å². The van der Waals surface area contributed by atoms with E-state index in [4.69, 9.17) is 5.11 Å². The minimum atomic E-state index is -0.675. The Bertz CT molecular complexity index is 306. The van der Waals surface area contributed by atoms with Crippen molar-refractivity contribution in [1.29, 1.82) is 0 Å². The summed E-state index contributed by atoms with van der Waals surface area (Å²) >= 11 is 0. The van der Waals surface area contributed by atoms with Crippen LogP contribution in [0.1, 0.15) is 71.1 Å². The Morgan fingerprint density at radius 1 is 0.810 bits per heavy atom. The third kappa shape index (κ3) is 22.1. The van der Waals surface area contributed by atoms with Crippen LogP contribution in [0.25, 0.3) is 0 Å². The zero-order valence-electron chi connectivity index (χ0n) is 13.9. The summed E-state index contributed by atoms with van der Waals surface area (Å²) in [7, 11) is 0. The molecule has 0 saturated heterocycles. The van der Waals surface area contributed by atoms with Crippen LogP contribution in [0.4, 0.5) is 0 Å². The Hall–Kier alpha value is -0.310. The average Bonchev–Trinajstić information content (AvgIpc) is 2.43. The molecule has 0 heterocycles. The molecule has 1 N–H and O–H groups in total. The van der Waals surface area contributed by atoms with Crippen LogP contribution >= 0.6 is 0 Å². The van der Waals surface area contributed by atoms with Crippen molar-refractivity contribution in [3.63, 3.8) is 0 Å². The normalized spacial score (nSPS) is 11.5. The Morgan fingerprint density at radius 2 is 1.33 bits per heavy atom. The summed E-state index contributed by atoms with van der Waals surface area (Å²) in [5.74, 6) is -0.675. The maximum atomic E-state index is 10.3. The van der Waals surface area contributed by atoms with Gasteiger partial charge in [0.2, 0.25) is 0 Å². The van der Waals surface area contributed by atoms with Crippen LogP contribution < -0.4 is 0 Å². The van der Waals surface area contributed by atoms with E-state index in [-0.39, 0.29) is 29.6 Å². The van der Waals surface area contributed by atoms with Crippen LogP contribution in [0.3, 0.4) is 0 Å². The van der Waals surface area contributed by atoms with E-state index in [2.05, 4.69) is 43.4 Å². The predicted octanol–water partition coefficient (Wildman–Crippen LogP) is 5.28. The third-order valence-electron chi connectivity index (χ3n) is 3.04. The third-order valence-corrected chi connectivity index (χ3v) is 3.04. The Labute approximate surface area is 152 Å². The molecular formula is C18H30NaO2. The van der Waals surface area contributed by atoms with Gasteiger partial charge in [-0.3, -0.25) is 4.79 Å². The molecule has 0 aromatic carbocycles. The number of aliphatic carboxylic acids is 1. The second-order valence-corrected chi connectivity index (χ2v) is 4.99. The van der Waals surface area contributed by atoms with E-state index in [1.807, 2.05) is 0 Å². The number of rotatable bonds is 13. The topological polar surface area (TPSA) is 37.3 Å². The molecular weight excluding hydrogens is 271 g/mol. The van der Waals surface area contributed by atoms with Crippen molar-refractivity contribution in [3.8, 4) is 0 Å². The number of carboxylic acid groups (broad SMARTS) is 1. The first-order valence-corrected chi connectivity index (χ1v) is 7.94. The van der Waals surface area contributed by atoms with Crippen molar-refractivity contribution < 1.29 is 9.90 Å². The fourth-order valence-electron chi connectivity index (χ4n) is 1.90. The summed E-state index contributed by atoms with van der Waals surface area (Å²) in [4.78, 5) is 10.3. The molecule has 0 fully saturated rings. The smallest absolute Gasteiger partial charge is 0.303 e. The van der Waals surface area contributed by atoms with Crippen molar-refractivity contribution in [2.45, 2.75) is 71.1 Å². The van der Waals surface area contributed by atoms with Gasteiger partial charge in [-0.2, -0.15) is 0 Å². The largest absolute Gasteiger partial charge is 0.481 e. The zero-order valence-corrected chi connectivity index (χ0v) is 15.9. The number of unbranched alkanes of at least 4 members (excludes halogenated alkanes) is 5. The quantitative estimate of drug-likeness (QED) is 0.285. The zero-order chi connectivity index (χ0) is 14.9. The Balaban J connectivity index is 0. The van der Waals surface area contributed by atoms with Gasteiger partial charge in [-0.05, 0) is 38.5 Å². The number of carboxylic acids is 1. The summed E-state index contributed by atoms with van der Waals surface area (Å²) in [6, 6.07) is 0. The molecule has 1 radical (unpaired) electrons. The molecule has 0 saturated carbocycles. The van der Waals surface area contributed by atoms with E-state index < -0.39 is 5.97 Å². The molecule has 0 unspecified atom stereocenters. The van der Waals surface area contributed by atoms with Gasteiger partial charge in [0.25, 0.3) is 0 Å². The van der Waals surface area contributed by atoms with Crippen molar-refractivity contribution in [2.24, 2.45) is 0 Å². The first-order valence-electron chi connectivity index (χ1n) is 7.94. The van der Waals surface area contributed by atoms with E-state index in [0.29, 0.717) is 6.42 Å². The van der Waals surface area contributed by atoms with Crippen molar-refractivity contribution in [2.75, 3.05) is 0 Å². The van der Waals surface area contributed by atoms with Gasteiger partial charge in [0.15, 0.2) is 0 Å². The van der Waals surface area contributed by atoms with Crippen molar-refractivity contribution in [3.05, 3.63) is 36.5 Å². The molecule has 0 aromatic heterocycles. The van der Waals surface area contributed by atoms with Crippen LogP contribution in [-0.4, -0.2) is 40.6 Å². The van der Waals surface area contributed by atoms with Crippen LogP contribution in [-0.2, 0) is 4.79 Å². The summed E-state index contributed by atoms with van der Waals surface area (Å²) < 4.78 is 0. The molecule has 2 nitrogen and oxygen atoms in total. The van der Waals surface area contributed by atoms with Crippen LogP contribution in [0.2, 0.25) is 0 Å². The molecule has 0 spiro atoms. The molecule has 3 heteroatoms. The fourth-order valence-corrected chi connectivity index (χ4v) is 1.90. The van der Waals surface area contributed by atoms with Gasteiger partial charge >= 0.3 is 5.97 Å². The molecule has 0 bridgehead atoms. The monoisotopic (exact) mass is 301 g/mol. The molecule has 115 valence electrons. The predicted molar refractivity (Wildman–Crippen MR) is 92.7 cm³/mol. The Kier molecular flexibility index (Phi) is 21.5. The molecule has 0 aliphatic rings. The molecule has 0 atom stereocenters. The first-order chi connectivity index (χ1) is 9.77. The molecule has 0 aliphatic carbocycles. The van der Waals surface area contributed by atoms with Crippen molar-refractivity contribution >= 4 is 35.5 Å². The maximum absolute atomic E-state index is 10.3. The molecule has 0 rings (SSSR count). The van der Waals surface area contributed by atoms with Gasteiger partial charge in [-0.25, -0.2) is 0 Å². The number of hydrogen-bond donors (Lipinski definition) is 1. The SMILES string of the molecule is CC/C=C\C/C=C\C/C=C\CCCCCCCC(=O)O.[Na]. The standard InChI is InChI=1S/C18H30O2.Na/c1-2-3-4-5-6-7-8-9-10-11-12-13-14-15-16-17-18(19)20;/h3-4,6-7,9-10H,2,5,8,11-17H2,1H3,(H,19,20);/b4-3-,7-6-,10-9-;. The second-order valence-electron chi connectivity index (χ2n) is 4.99. The molecule has 21 heavy (non-hydrogen) atoms. The Morgan fingerprint density at radius 3 is 1.95 bits per heavy atom. The maximum Gasteiger partial charge on any atom is 0.303 e. The van der Waals surface area contributed by atoms with E-state index in [9.17, 15) is 4.79 Å². The summed E-state index contributed by atoms with van der Waals surface area (Å²) in [6.45, 7) is 2.15. The van der Waals surface area contributed by atoms with Gasteiger partial charge in [0.1, 0.15) is 0 Å². The van der Waals surface area contributed by atoms with E-state index in [0.717, 1.165) is 44.9 Å². The number of hydrogen-bond acceptors (Lipinski definition) is 1.